The second-order valence-corrected chi connectivity index (χ2v) is 12.0. The first-order valence-electron chi connectivity index (χ1n) is 6.38. The molecule has 17 heavy (non-hydrogen) atoms. The fourth-order valence-corrected chi connectivity index (χ4v) is 3.23. The highest BCUT2D eigenvalue weighted by Crippen LogP contribution is 2.47. The highest BCUT2D eigenvalue weighted by Gasteiger charge is 2.50. The lowest BCUT2D eigenvalue weighted by Crippen LogP contribution is -2.51. The number of hydrogen-bond acceptors (Lipinski definition) is 2. The molecular weight excluding hydrogens is 232 g/mol. The van der Waals surface area contributed by atoms with Gasteiger partial charge >= 0.3 is 5.97 Å². The van der Waals surface area contributed by atoms with Crippen LogP contribution in [0, 0.1) is 11.3 Å². The molecule has 1 saturated carbocycles. The SMILES string of the molecule is CC1CC(CO[Si](C)(C)C(C)(C)C)(C(=O)O)C1. The lowest BCUT2D eigenvalue weighted by molar-refractivity contribution is -0.161. The molecule has 1 aliphatic carbocycles. The molecule has 0 spiro atoms. The Kier molecular flexibility index (Phi) is 3.80. The van der Waals surface area contributed by atoms with E-state index in [0.29, 0.717) is 12.5 Å². The summed E-state index contributed by atoms with van der Waals surface area (Å²) in [4.78, 5) is 11.4. The maximum atomic E-state index is 11.4. The van der Waals surface area contributed by atoms with Gasteiger partial charge in [-0.2, -0.15) is 0 Å². The summed E-state index contributed by atoms with van der Waals surface area (Å²) in [7, 11) is -1.83. The van der Waals surface area contributed by atoms with Gasteiger partial charge in [0.15, 0.2) is 8.32 Å². The van der Waals surface area contributed by atoms with E-state index < -0.39 is 19.7 Å². The van der Waals surface area contributed by atoms with E-state index >= 15 is 0 Å². The van der Waals surface area contributed by atoms with E-state index in [1.165, 1.54) is 0 Å². The zero-order valence-corrected chi connectivity index (χ0v) is 13.0. The van der Waals surface area contributed by atoms with E-state index in [1.54, 1.807) is 0 Å². The standard InChI is InChI=1S/C13H26O3Si/c1-10-7-13(8-10,11(14)15)9-16-17(5,6)12(2,3)4/h10H,7-9H2,1-6H3,(H,14,15). The Morgan fingerprint density at radius 1 is 1.41 bits per heavy atom. The number of hydrogen-bond donors (Lipinski definition) is 1. The largest absolute Gasteiger partial charge is 0.481 e. The van der Waals surface area contributed by atoms with Crippen molar-refractivity contribution in [1.29, 1.82) is 0 Å². The molecule has 1 aliphatic rings. The van der Waals surface area contributed by atoms with Crippen LogP contribution in [0.15, 0.2) is 0 Å². The third kappa shape index (κ3) is 2.91. The molecule has 0 aromatic carbocycles. The van der Waals surface area contributed by atoms with Crippen LogP contribution in [0.4, 0.5) is 0 Å². The molecule has 1 fully saturated rings. The maximum Gasteiger partial charge on any atom is 0.311 e. The van der Waals surface area contributed by atoms with Gasteiger partial charge in [-0.05, 0) is 36.9 Å². The first kappa shape index (κ1) is 14.7. The van der Waals surface area contributed by atoms with Crippen molar-refractivity contribution in [2.75, 3.05) is 6.61 Å². The number of carbonyl (C=O) groups is 1. The molecule has 0 aliphatic heterocycles. The van der Waals surface area contributed by atoms with Crippen molar-refractivity contribution in [1.82, 2.24) is 0 Å². The van der Waals surface area contributed by atoms with Gasteiger partial charge in [-0.25, -0.2) is 0 Å². The number of rotatable bonds is 4. The van der Waals surface area contributed by atoms with Crippen molar-refractivity contribution in [3.63, 3.8) is 0 Å². The minimum atomic E-state index is -1.83. The Morgan fingerprint density at radius 2 is 1.88 bits per heavy atom. The lowest BCUT2D eigenvalue weighted by atomic mass is 9.63. The molecule has 0 aromatic rings. The van der Waals surface area contributed by atoms with Gasteiger partial charge in [-0.1, -0.05) is 27.7 Å². The van der Waals surface area contributed by atoms with Crippen LogP contribution in [-0.2, 0) is 9.22 Å². The minimum absolute atomic E-state index is 0.141. The summed E-state index contributed by atoms with van der Waals surface area (Å²) in [5.41, 5.74) is -0.602. The van der Waals surface area contributed by atoms with Gasteiger partial charge in [0.05, 0.1) is 12.0 Å². The first-order valence-corrected chi connectivity index (χ1v) is 9.28. The smallest absolute Gasteiger partial charge is 0.311 e. The van der Waals surface area contributed by atoms with E-state index in [2.05, 4.69) is 40.8 Å². The summed E-state index contributed by atoms with van der Waals surface area (Å²) < 4.78 is 6.07. The van der Waals surface area contributed by atoms with Crippen molar-refractivity contribution in [2.45, 2.75) is 58.7 Å². The first-order chi connectivity index (χ1) is 7.50. The maximum absolute atomic E-state index is 11.4. The van der Waals surface area contributed by atoms with E-state index in [0.717, 1.165) is 12.8 Å². The molecule has 0 heterocycles. The third-order valence-electron chi connectivity index (χ3n) is 4.45. The average Bonchev–Trinajstić information content (AvgIpc) is 2.07. The summed E-state index contributed by atoms with van der Waals surface area (Å²) in [6.45, 7) is 13.4. The fraction of sp³-hybridized carbons (Fsp3) is 0.923. The molecule has 1 rings (SSSR count). The molecule has 4 heteroatoms. The van der Waals surface area contributed by atoms with Gasteiger partial charge < -0.3 is 9.53 Å². The van der Waals surface area contributed by atoms with E-state index in [-0.39, 0.29) is 5.04 Å². The van der Waals surface area contributed by atoms with Crippen molar-refractivity contribution < 1.29 is 14.3 Å². The molecular formula is C13H26O3Si. The number of carboxylic acid groups (broad SMARTS) is 1. The molecule has 0 radical (unpaired) electrons. The Hall–Kier alpha value is -0.353. The van der Waals surface area contributed by atoms with Crippen LogP contribution in [-0.4, -0.2) is 26.0 Å². The van der Waals surface area contributed by atoms with Crippen LogP contribution in [0.3, 0.4) is 0 Å². The van der Waals surface area contributed by atoms with Crippen LogP contribution < -0.4 is 0 Å². The molecule has 0 unspecified atom stereocenters. The van der Waals surface area contributed by atoms with Gasteiger partial charge in [0.2, 0.25) is 0 Å². The molecule has 0 aromatic heterocycles. The molecule has 1 N–H and O–H groups in total. The zero-order chi connectivity index (χ0) is 13.5. The number of carboxylic acids is 1. The highest BCUT2D eigenvalue weighted by molar-refractivity contribution is 6.74. The minimum Gasteiger partial charge on any atom is -0.481 e. The lowest BCUT2D eigenvalue weighted by Gasteiger charge is -2.46. The normalized spacial score (nSPS) is 29.9. The van der Waals surface area contributed by atoms with Crippen molar-refractivity contribution in [3.05, 3.63) is 0 Å². The summed E-state index contributed by atoms with van der Waals surface area (Å²) in [6, 6.07) is 0. The average molecular weight is 258 g/mol. The van der Waals surface area contributed by atoms with E-state index in [1.807, 2.05) is 0 Å². The van der Waals surface area contributed by atoms with Crippen LogP contribution in [0.1, 0.15) is 40.5 Å². The van der Waals surface area contributed by atoms with Crippen LogP contribution in [0.2, 0.25) is 18.1 Å². The topological polar surface area (TPSA) is 46.5 Å². The van der Waals surface area contributed by atoms with Crippen LogP contribution in [0.5, 0.6) is 0 Å². The highest BCUT2D eigenvalue weighted by atomic mass is 28.4. The van der Waals surface area contributed by atoms with Crippen molar-refractivity contribution >= 4 is 14.3 Å². The molecule has 0 atom stereocenters. The third-order valence-corrected chi connectivity index (χ3v) is 8.93. The van der Waals surface area contributed by atoms with Gasteiger partial charge in [-0.3, -0.25) is 4.79 Å². The molecule has 0 saturated heterocycles. The second-order valence-electron chi connectivity index (χ2n) is 7.15. The zero-order valence-electron chi connectivity index (χ0n) is 12.0. The summed E-state index contributed by atoms with van der Waals surface area (Å²) in [6.07, 6.45) is 1.52. The van der Waals surface area contributed by atoms with Gasteiger partial charge in [0.1, 0.15) is 0 Å². The molecule has 0 bridgehead atoms. The van der Waals surface area contributed by atoms with Gasteiger partial charge in [0.25, 0.3) is 0 Å². The summed E-state index contributed by atoms with van der Waals surface area (Å²) in [5.74, 6) is -0.163. The van der Waals surface area contributed by atoms with Crippen LogP contribution in [0.25, 0.3) is 0 Å². The Labute approximate surface area is 106 Å². The van der Waals surface area contributed by atoms with E-state index in [9.17, 15) is 9.90 Å². The Morgan fingerprint density at radius 3 is 2.18 bits per heavy atom. The predicted molar refractivity (Wildman–Crippen MR) is 71.6 cm³/mol. The van der Waals surface area contributed by atoms with Gasteiger partial charge in [0, 0.05) is 0 Å². The number of aliphatic carboxylic acids is 1. The Balaban J connectivity index is 2.64. The molecule has 100 valence electrons. The van der Waals surface area contributed by atoms with Gasteiger partial charge in [-0.15, -0.1) is 0 Å². The molecule has 3 nitrogen and oxygen atoms in total. The predicted octanol–water partition coefficient (Wildman–Crippen LogP) is 3.51. The monoisotopic (exact) mass is 258 g/mol. The fourth-order valence-electron chi connectivity index (χ4n) is 2.16. The van der Waals surface area contributed by atoms with Crippen molar-refractivity contribution in [3.8, 4) is 0 Å². The molecule has 0 amide bonds. The Bertz CT molecular complexity index is 298. The quantitative estimate of drug-likeness (QED) is 0.785. The van der Waals surface area contributed by atoms with Crippen molar-refractivity contribution in [2.24, 2.45) is 11.3 Å². The summed E-state index contributed by atoms with van der Waals surface area (Å²) >= 11 is 0. The van der Waals surface area contributed by atoms with Crippen LogP contribution >= 0.6 is 0 Å². The summed E-state index contributed by atoms with van der Waals surface area (Å²) in [5, 5.41) is 9.48. The second kappa shape index (κ2) is 4.39. The van der Waals surface area contributed by atoms with E-state index in [4.69, 9.17) is 4.43 Å².